The summed E-state index contributed by atoms with van der Waals surface area (Å²) in [5, 5.41) is 10.00. The normalized spacial score (nSPS) is 11.3. The van der Waals surface area contributed by atoms with E-state index in [-0.39, 0.29) is 4.90 Å². The molecule has 0 fully saturated rings. The van der Waals surface area contributed by atoms with Crippen molar-refractivity contribution in [1.29, 1.82) is 5.26 Å². The fraction of sp³-hybridized carbons (Fsp3) is 0. The number of nitriles is 1. The third-order valence-electron chi connectivity index (χ3n) is 3.16. The highest BCUT2D eigenvalue weighted by Gasteiger charge is 2.16. The molecule has 0 saturated carbocycles. The number of aromatic nitrogens is 1. The molecular formula is C15H10ClN3O2S. The number of hydrogen-bond acceptors (Lipinski definition) is 3. The topological polar surface area (TPSA) is 85.8 Å². The maximum absolute atomic E-state index is 12.4. The molecule has 0 amide bonds. The van der Waals surface area contributed by atoms with E-state index in [0.717, 1.165) is 5.39 Å². The molecule has 0 unspecified atom stereocenters. The standard InChI is InChI=1S/C15H10ClN3O2S/c16-14-8-11-2-1-3-13(15(11)18-14)19-22(20,21)12-6-4-10(9-17)5-7-12/h1-8,18-19H. The van der Waals surface area contributed by atoms with Crippen LogP contribution in [0.3, 0.4) is 0 Å². The van der Waals surface area contributed by atoms with Crippen LogP contribution in [-0.4, -0.2) is 13.4 Å². The Bertz CT molecular complexity index is 986. The third kappa shape index (κ3) is 2.64. The predicted octanol–water partition coefficient (Wildman–Crippen LogP) is 3.49. The van der Waals surface area contributed by atoms with E-state index in [1.54, 1.807) is 18.2 Å². The summed E-state index contributed by atoms with van der Waals surface area (Å²) in [5.74, 6) is 0. The van der Waals surface area contributed by atoms with Crippen molar-refractivity contribution < 1.29 is 8.42 Å². The van der Waals surface area contributed by atoms with Gasteiger partial charge >= 0.3 is 0 Å². The van der Waals surface area contributed by atoms with Crippen molar-refractivity contribution in [2.45, 2.75) is 4.90 Å². The Morgan fingerprint density at radius 1 is 1.14 bits per heavy atom. The van der Waals surface area contributed by atoms with Crippen LogP contribution in [0.1, 0.15) is 5.56 Å². The Kier molecular flexibility index (Phi) is 3.53. The molecule has 22 heavy (non-hydrogen) atoms. The van der Waals surface area contributed by atoms with E-state index in [2.05, 4.69) is 9.71 Å². The van der Waals surface area contributed by atoms with Gasteiger partial charge in [-0.2, -0.15) is 5.26 Å². The Balaban J connectivity index is 2.01. The predicted molar refractivity (Wildman–Crippen MR) is 85.3 cm³/mol. The van der Waals surface area contributed by atoms with Crippen LogP contribution < -0.4 is 4.72 Å². The van der Waals surface area contributed by atoms with E-state index in [0.29, 0.717) is 21.9 Å². The number of nitrogens with one attached hydrogen (secondary N) is 2. The second kappa shape index (κ2) is 5.37. The molecule has 0 aliphatic heterocycles. The number of anilines is 1. The number of nitrogens with zero attached hydrogens (tertiary/aromatic N) is 1. The van der Waals surface area contributed by atoms with Gasteiger partial charge in [0.1, 0.15) is 5.15 Å². The van der Waals surface area contributed by atoms with Gasteiger partial charge in [0.25, 0.3) is 10.0 Å². The first-order valence-corrected chi connectivity index (χ1v) is 8.16. The average Bonchev–Trinajstić information content (AvgIpc) is 2.88. The fourth-order valence-corrected chi connectivity index (χ4v) is 3.40. The van der Waals surface area contributed by atoms with Gasteiger partial charge < -0.3 is 4.98 Å². The van der Waals surface area contributed by atoms with Crippen molar-refractivity contribution in [3.63, 3.8) is 0 Å². The lowest BCUT2D eigenvalue weighted by molar-refractivity contribution is 0.601. The highest BCUT2D eigenvalue weighted by Crippen LogP contribution is 2.27. The quantitative estimate of drug-likeness (QED) is 0.770. The average molecular weight is 332 g/mol. The maximum Gasteiger partial charge on any atom is 0.261 e. The molecule has 0 saturated heterocycles. The molecule has 2 aromatic carbocycles. The van der Waals surface area contributed by atoms with Crippen LogP contribution in [0.15, 0.2) is 53.4 Å². The lowest BCUT2D eigenvalue weighted by atomic mass is 10.2. The number of aromatic amines is 1. The molecule has 0 radical (unpaired) electrons. The Labute approximate surface area is 132 Å². The maximum atomic E-state index is 12.4. The smallest absolute Gasteiger partial charge is 0.261 e. The number of para-hydroxylation sites is 1. The van der Waals surface area contributed by atoms with E-state index < -0.39 is 10.0 Å². The molecule has 1 aromatic heterocycles. The summed E-state index contributed by atoms with van der Waals surface area (Å²) in [5.41, 5.74) is 1.43. The molecular weight excluding hydrogens is 322 g/mol. The third-order valence-corrected chi connectivity index (χ3v) is 4.75. The summed E-state index contributed by atoms with van der Waals surface area (Å²) in [6.07, 6.45) is 0. The van der Waals surface area contributed by atoms with Crippen LogP contribution >= 0.6 is 11.6 Å². The van der Waals surface area contributed by atoms with Gasteiger partial charge in [-0.25, -0.2) is 8.42 Å². The van der Waals surface area contributed by atoms with Gasteiger partial charge in [-0.05, 0) is 36.4 Å². The molecule has 3 rings (SSSR count). The summed E-state index contributed by atoms with van der Waals surface area (Å²) in [6, 6.07) is 14.6. The molecule has 3 aromatic rings. The van der Waals surface area contributed by atoms with E-state index in [9.17, 15) is 8.42 Å². The van der Waals surface area contributed by atoms with Crippen LogP contribution in [0.2, 0.25) is 5.15 Å². The number of rotatable bonds is 3. The van der Waals surface area contributed by atoms with Crippen LogP contribution in [0.5, 0.6) is 0 Å². The minimum atomic E-state index is -3.74. The lowest BCUT2D eigenvalue weighted by Crippen LogP contribution is -2.13. The summed E-state index contributed by atoms with van der Waals surface area (Å²) in [6.45, 7) is 0. The van der Waals surface area contributed by atoms with Gasteiger partial charge in [-0.1, -0.05) is 23.7 Å². The minimum Gasteiger partial charge on any atom is -0.344 e. The first kappa shape index (κ1) is 14.4. The van der Waals surface area contributed by atoms with Gasteiger partial charge in [-0.3, -0.25) is 4.72 Å². The number of hydrogen-bond donors (Lipinski definition) is 2. The Morgan fingerprint density at radius 2 is 1.86 bits per heavy atom. The summed E-state index contributed by atoms with van der Waals surface area (Å²) in [7, 11) is -3.74. The first-order chi connectivity index (χ1) is 10.5. The van der Waals surface area contributed by atoms with E-state index in [1.165, 1.54) is 24.3 Å². The van der Waals surface area contributed by atoms with Crippen molar-refractivity contribution in [1.82, 2.24) is 4.98 Å². The molecule has 0 atom stereocenters. The van der Waals surface area contributed by atoms with Crippen LogP contribution in [0, 0.1) is 11.3 Å². The van der Waals surface area contributed by atoms with Crippen molar-refractivity contribution in [2.75, 3.05) is 4.72 Å². The van der Waals surface area contributed by atoms with Gasteiger partial charge in [0.2, 0.25) is 0 Å². The second-order valence-corrected chi connectivity index (χ2v) is 6.72. The lowest BCUT2D eigenvalue weighted by Gasteiger charge is -2.09. The highest BCUT2D eigenvalue weighted by atomic mass is 35.5. The molecule has 110 valence electrons. The molecule has 0 aliphatic carbocycles. The number of fused-ring (bicyclic) bond motifs is 1. The van der Waals surface area contributed by atoms with Crippen molar-refractivity contribution in [3.05, 3.63) is 59.2 Å². The van der Waals surface area contributed by atoms with Crippen molar-refractivity contribution >= 4 is 38.2 Å². The molecule has 7 heteroatoms. The largest absolute Gasteiger partial charge is 0.344 e. The molecule has 0 spiro atoms. The fourth-order valence-electron chi connectivity index (χ4n) is 2.12. The zero-order chi connectivity index (χ0) is 15.7. The summed E-state index contributed by atoms with van der Waals surface area (Å²) < 4.78 is 27.3. The van der Waals surface area contributed by atoms with Crippen LogP contribution in [-0.2, 0) is 10.0 Å². The number of halogens is 1. The zero-order valence-electron chi connectivity index (χ0n) is 11.2. The SMILES string of the molecule is N#Cc1ccc(S(=O)(=O)Nc2cccc3cc(Cl)[nH]c23)cc1. The molecule has 2 N–H and O–H groups in total. The highest BCUT2D eigenvalue weighted by molar-refractivity contribution is 7.92. The van der Waals surface area contributed by atoms with Gasteiger partial charge in [0.15, 0.2) is 0 Å². The van der Waals surface area contributed by atoms with Gasteiger partial charge in [-0.15, -0.1) is 0 Å². The number of H-pyrrole nitrogens is 1. The van der Waals surface area contributed by atoms with Crippen LogP contribution in [0.25, 0.3) is 10.9 Å². The van der Waals surface area contributed by atoms with Gasteiger partial charge in [0, 0.05) is 5.39 Å². The molecule has 1 heterocycles. The monoisotopic (exact) mass is 331 g/mol. The first-order valence-electron chi connectivity index (χ1n) is 6.30. The molecule has 0 aliphatic rings. The Morgan fingerprint density at radius 3 is 2.55 bits per heavy atom. The zero-order valence-corrected chi connectivity index (χ0v) is 12.7. The van der Waals surface area contributed by atoms with Crippen LogP contribution in [0.4, 0.5) is 5.69 Å². The summed E-state index contributed by atoms with van der Waals surface area (Å²) in [4.78, 5) is 3.00. The minimum absolute atomic E-state index is 0.0844. The molecule has 0 bridgehead atoms. The van der Waals surface area contributed by atoms with E-state index in [4.69, 9.17) is 16.9 Å². The number of sulfonamides is 1. The second-order valence-electron chi connectivity index (χ2n) is 4.63. The van der Waals surface area contributed by atoms with E-state index in [1.807, 2.05) is 12.1 Å². The van der Waals surface area contributed by atoms with Crippen molar-refractivity contribution in [3.8, 4) is 6.07 Å². The van der Waals surface area contributed by atoms with Crippen molar-refractivity contribution in [2.24, 2.45) is 0 Å². The molecule has 5 nitrogen and oxygen atoms in total. The van der Waals surface area contributed by atoms with E-state index >= 15 is 0 Å². The summed E-state index contributed by atoms with van der Waals surface area (Å²) >= 11 is 5.91. The Hall–Kier alpha value is -2.49. The number of benzene rings is 2. The van der Waals surface area contributed by atoms with Gasteiger partial charge in [0.05, 0.1) is 27.7 Å².